The molecule has 1 aliphatic heterocycles. The summed E-state index contributed by atoms with van der Waals surface area (Å²) in [5.41, 5.74) is 7.65. The van der Waals surface area contributed by atoms with Crippen molar-refractivity contribution in [2.45, 2.75) is 90.0 Å². The Morgan fingerprint density at radius 1 is 1.04 bits per heavy atom. The van der Waals surface area contributed by atoms with Crippen LogP contribution < -0.4 is 5.73 Å². The zero-order chi connectivity index (χ0) is 19.5. The van der Waals surface area contributed by atoms with E-state index in [-0.39, 0.29) is 17.8 Å². The van der Waals surface area contributed by atoms with Crippen LogP contribution >= 0.6 is 0 Å². The van der Waals surface area contributed by atoms with Crippen molar-refractivity contribution in [1.82, 2.24) is 4.90 Å². The van der Waals surface area contributed by atoms with Crippen molar-refractivity contribution in [3.8, 4) is 0 Å². The van der Waals surface area contributed by atoms with Crippen molar-refractivity contribution >= 4 is 11.7 Å². The SMILES string of the molecule is CCCCCCCCCCCc1ccc(C(=O)N2CCC[C@H]2C(=N)N)cc1. The molecular weight excluding hydrogens is 334 g/mol. The average molecular weight is 372 g/mol. The first-order valence-electron chi connectivity index (χ1n) is 10.9. The summed E-state index contributed by atoms with van der Waals surface area (Å²) < 4.78 is 0. The van der Waals surface area contributed by atoms with E-state index in [2.05, 4.69) is 19.1 Å². The minimum absolute atomic E-state index is 0.00215. The molecule has 0 saturated carbocycles. The van der Waals surface area contributed by atoms with Crippen LogP contribution in [0.4, 0.5) is 0 Å². The monoisotopic (exact) mass is 371 g/mol. The maximum Gasteiger partial charge on any atom is 0.254 e. The Balaban J connectivity index is 1.68. The normalized spacial score (nSPS) is 16.6. The van der Waals surface area contributed by atoms with E-state index in [9.17, 15) is 4.79 Å². The number of rotatable bonds is 12. The van der Waals surface area contributed by atoms with Crippen LogP contribution in [-0.2, 0) is 6.42 Å². The first-order valence-corrected chi connectivity index (χ1v) is 10.9. The molecule has 1 saturated heterocycles. The minimum Gasteiger partial charge on any atom is -0.386 e. The number of aryl methyl sites for hydroxylation is 1. The molecule has 0 radical (unpaired) electrons. The van der Waals surface area contributed by atoms with Crippen molar-refractivity contribution in [2.24, 2.45) is 5.73 Å². The highest BCUT2D eigenvalue weighted by molar-refractivity contribution is 5.98. The summed E-state index contributed by atoms with van der Waals surface area (Å²) in [7, 11) is 0. The molecule has 1 heterocycles. The third-order valence-corrected chi connectivity index (χ3v) is 5.64. The van der Waals surface area contributed by atoms with Crippen molar-refractivity contribution in [1.29, 1.82) is 5.41 Å². The lowest BCUT2D eigenvalue weighted by molar-refractivity contribution is 0.0769. The molecule has 0 aromatic heterocycles. The van der Waals surface area contributed by atoms with Crippen LogP contribution in [0.25, 0.3) is 0 Å². The quantitative estimate of drug-likeness (QED) is 0.297. The van der Waals surface area contributed by atoms with Gasteiger partial charge in [-0.3, -0.25) is 10.2 Å². The number of carbonyl (C=O) groups is 1. The molecule has 4 nitrogen and oxygen atoms in total. The third kappa shape index (κ3) is 7.00. The Bertz CT molecular complexity index is 582. The molecule has 27 heavy (non-hydrogen) atoms. The molecule has 0 aliphatic carbocycles. The van der Waals surface area contributed by atoms with Crippen LogP contribution in [0.1, 0.15) is 93.5 Å². The van der Waals surface area contributed by atoms with Gasteiger partial charge in [-0.25, -0.2) is 0 Å². The van der Waals surface area contributed by atoms with E-state index in [0.29, 0.717) is 12.1 Å². The van der Waals surface area contributed by atoms with Crippen molar-refractivity contribution in [3.63, 3.8) is 0 Å². The van der Waals surface area contributed by atoms with Gasteiger partial charge in [0.1, 0.15) is 5.84 Å². The van der Waals surface area contributed by atoms with Gasteiger partial charge in [-0.1, -0.05) is 70.4 Å². The second kappa shape index (κ2) is 11.8. The summed E-state index contributed by atoms with van der Waals surface area (Å²) in [5, 5.41) is 7.66. The van der Waals surface area contributed by atoms with E-state index >= 15 is 0 Å². The molecular formula is C23H37N3O. The Morgan fingerprint density at radius 3 is 2.22 bits per heavy atom. The standard InChI is InChI=1S/C23H37N3O/c1-2-3-4-5-6-7-8-9-10-12-19-14-16-20(17-15-19)23(27)26-18-11-13-21(26)22(24)25/h14-17,21H,2-13,18H2,1H3,(H3,24,25)/t21-/m0/s1. The molecule has 0 unspecified atom stereocenters. The molecule has 4 heteroatoms. The van der Waals surface area contributed by atoms with Crippen LogP contribution in [0.2, 0.25) is 0 Å². The summed E-state index contributed by atoms with van der Waals surface area (Å²) in [6.07, 6.45) is 14.9. The van der Waals surface area contributed by atoms with E-state index in [1.807, 2.05) is 12.1 Å². The molecule has 2 rings (SSSR count). The van der Waals surface area contributed by atoms with Gasteiger partial charge in [0.25, 0.3) is 5.91 Å². The number of nitrogens with one attached hydrogen (secondary N) is 1. The number of amides is 1. The van der Waals surface area contributed by atoms with E-state index in [0.717, 1.165) is 19.3 Å². The van der Waals surface area contributed by atoms with E-state index in [1.165, 1.54) is 63.4 Å². The van der Waals surface area contributed by atoms with Gasteiger partial charge in [-0.15, -0.1) is 0 Å². The highest BCUT2D eigenvalue weighted by atomic mass is 16.2. The summed E-state index contributed by atoms with van der Waals surface area (Å²) in [6, 6.07) is 7.80. The van der Waals surface area contributed by atoms with Gasteiger partial charge < -0.3 is 10.6 Å². The number of unbranched alkanes of at least 4 members (excludes halogenated alkanes) is 8. The Labute approximate surface area is 165 Å². The Hall–Kier alpha value is -1.84. The van der Waals surface area contributed by atoms with Gasteiger partial charge in [0.15, 0.2) is 0 Å². The van der Waals surface area contributed by atoms with Gasteiger partial charge in [-0.05, 0) is 43.4 Å². The zero-order valence-corrected chi connectivity index (χ0v) is 17.0. The fraction of sp³-hybridized carbons (Fsp3) is 0.652. The summed E-state index contributed by atoms with van der Waals surface area (Å²) in [5.74, 6) is 0.102. The van der Waals surface area contributed by atoms with Crippen LogP contribution in [0.15, 0.2) is 24.3 Å². The summed E-state index contributed by atoms with van der Waals surface area (Å²) in [6.45, 7) is 2.96. The van der Waals surface area contributed by atoms with Crippen LogP contribution in [0, 0.1) is 5.41 Å². The maximum atomic E-state index is 12.7. The highest BCUT2D eigenvalue weighted by Gasteiger charge is 2.31. The molecule has 3 N–H and O–H groups in total. The lowest BCUT2D eigenvalue weighted by Crippen LogP contribution is -2.43. The van der Waals surface area contributed by atoms with Crippen LogP contribution in [0.3, 0.4) is 0 Å². The number of benzene rings is 1. The number of likely N-dealkylation sites (tertiary alicyclic amines) is 1. The predicted octanol–water partition coefficient (Wildman–Crippen LogP) is 5.30. The average Bonchev–Trinajstić information content (AvgIpc) is 3.17. The van der Waals surface area contributed by atoms with E-state index < -0.39 is 0 Å². The lowest BCUT2D eigenvalue weighted by Gasteiger charge is -2.23. The number of hydrogen-bond acceptors (Lipinski definition) is 2. The maximum absolute atomic E-state index is 12.7. The van der Waals surface area contributed by atoms with Gasteiger partial charge >= 0.3 is 0 Å². The van der Waals surface area contributed by atoms with Gasteiger partial charge in [0, 0.05) is 12.1 Å². The second-order valence-corrected chi connectivity index (χ2v) is 7.89. The lowest BCUT2D eigenvalue weighted by atomic mass is 10.0. The van der Waals surface area contributed by atoms with E-state index in [4.69, 9.17) is 11.1 Å². The summed E-state index contributed by atoms with van der Waals surface area (Å²) >= 11 is 0. The molecule has 1 aliphatic rings. The van der Waals surface area contributed by atoms with Gasteiger partial charge in [0.2, 0.25) is 0 Å². The highest BCUT2D eigenvalue weighted by Crippen LogP contribution is 2.20. The van der Waals surface area contributed by atoms with Crippen molar-refractivity contribution in [2.75, 3.05) is 6.54 Å². The number of carbonyl (C=O) groups excluding carboxylic acids is 1. The molecule has 1 amide bonds. The molecule has 0 spiro atoms. The van der Waals surface area contributed by atoms with Crippen molar-refractivity contribution in [3.05, 3.63) is 35.4 Å². The van der Waals surface area contributed by atoms with Gasteiger partial charge in [0.05, 0.1) is 6.04 Å². The first-order chi connectivity index (χ1) is 13.1. The molecule has 150 valence electrons. The fourth-order valence-electron chi connectivity index (χ4n) is 3.95. The number of amidine groups is 1. The molecule has 1 aromatic rings. The molecule has 1 atom stereocenters. The Morgan fingerprint density at radius 2 is 1.63 bits per heavy atom. The first kappa shape index (κ1) is 21.5. The smallest absolute Gasteiger partial charge is 0.254 e. The molecule has 1 fully saturated rings. The van der Waals surface area contributed by atoms with Crippen LogP contribution in [-0.4, -0.2) is 29.2 Å². The largest absolute Gasteiger partial charge is 0.386 e. The molecule has 0 bridgehead atoms. The number of nitrogens with zero attached hydrogens (tertiary/aromatic N) is 1. The topological polar surface area (TPSA) is 70.2 Å². The number of hydrogen-bond donors (Lipinski definition) is 2. The van der Waals surface area contributed by atoms with E-state index in [1.54, 1.807) is 4.90 Å². The second-order valence-electron chi connectivity index (χ2n) is 7.89. The van der Waals surface area contributed by atoms with Gasteiger partial charge in [-0.2, -0.15) is 0 Å². The molecule has 1 aromatic carbocycles. The van der Waals surface area contributed by atoms with Crippen molar-refractivity contribution < 1.29 is 4.79 Å². The van der Waals surface area contributed by atoms with Crippen LogP contribution in [0.5, 0.6) is 0 Å². The number of nitrogens with two attached hydrogens (primary N) is 1. The fourth-order valence-corrected chi connectivity index (χ4v) is 3.95. The summed E-state index contributed by atoms with van der Waals surface area (Å²) in [4.78, 5) is 14.4. The Kier molecular flexibility index (Phi) is 9.37. The predicted molar refractivity (Wildman–Crippen MR) is 113 cm³/mol. The zero-order valence-electron chi connectivity index (χ0n) is 17.0. The third-order valence-electron chi connectivity index (χ3n) is 5.64. The minimum atomic E-state index is -0.223.